The maximum Gasteiger partial charge on any atom is 0.171 e. The predicted molar refractivity (Wildman–Crippen MR) is 216 cm³/mol. The Balaban J connectivity index is 1.36. The van der Waals surface area contributed by atoms with Crippen LogP contribution in [0, 0.1) is 11.8 Å². The molecule has 1 N–H and O–H groups in total. The van der Waals surface area contributed by atoms with Crippen LogP contribution >= 0.6 is 23.5 Å². The second kappa shape index (κ2) is 15.9. The third kappa shape index (κ3) is 7.22. The van der Waals surface area contributed by atoms with Crippen LogP contribution in [-0.2, 0) is 9.53 Å². The van der Waals surface area contributed by atoms with E-state index in [0.717, 1.165) is 64.2 Å². The molecule has 0 amide bonds. The molecule has 51 heavy (non-hydrogen) atoms. The molecule has 256 valence electrons. The molecular weight excluding hydrogens is 665 g/mol. The number of ether oxygens (including phenoxy) is 1. The lowest BCUT2D eigenvalue weighted by atomic mass is 9.83. The Bertz CT molecular complexity index is 1960. The molecule has 4 aromatic rings. The summed E-state index contributed by atoms with van der Waals surface area (Å²) < 4.78 is 6.05. The topological polar surface area (TPSA) is 46.5 Å². The van der Waals surface area contributed by atoms with Crippen LogP contribution in [0.5, 0.6) is 0 Å². The highest BCUT2D eigenvalue weighted by Gasteiger charge is 2.52. The minimum absolute atomic E-state index is 0.0573. The van der Waals surface area contributed by atoms with Crippen LogP contribution in [0.1, 0.15) is 48.9 Å². The molecule has 3 nitrogen and oxygen atoms in total. The Morgan fingerprint density at radius 2 is 0.902 bits per heavy atom. The lowest BCUT2D eigenvalue weighted by molar-refractivity contribution is -0.129. The fourth-order valence-corrected chi connectivity index (χ4v) is 9.76. The Morgan fingerprint density at radius 3 is 1.22 bits per heavy atom. The number of ketones is 1. The molecule has 1 fully saturated rings. The zero-order valence-corrected chi connectivity index (χ0v) is 30.8. The number of hydrogen-bond acceptors (Lipinski definition) is 5. The lowest BCUT2D eigenvalue weighted by Crippen LogP contribution is -2.30. The van der Waals surface area contributed by atoms with Crippen LogP contribution in [-0.4, -0.2) is 30.2 Å². The van der Waals surface area contributed by atoms with Crippen LogP contribution in [0.2, 0.25) is 0 Å². The first-order chi connectivity index (χ1) is 25.0. The number of hydrogen-bond donors (Lipinski definition) is 1. The molecule has 0 radical (unpaired) electrons. The number of allylic oxidation sites excluding steroid dienone is 6. The van der Waals surface area contributed by atoms with Crippen molar-refractivity contribution in [2.24, 2.45) is 11.8 Å². The molecule has 3 aliphatic rings. The van der Waals surface area contributed by atoms with Gasteiger partial charge in [0.15, 0.2) is 5.78 Å². The molecule has 5 heteroatoms. The van der Waals surface area contributed by atoms with Gasteiger partial charge in [0.2, 0.25) is 0 Å². The van der Waals surface area contributed by atoms with Gasteiger partial charge in [0.1, 0.15) is 6.10 Å². The number of aliphatic hydroxyl groups is 1. The van der Waals surface area contributed by atoms with Gasteiger partial charge in [0, 0.05) is 32.6 Å². The third-order valence-electron chi connectivity index (χ3n) is 9.98. The van der Waals surface area contributed by atoms with E-state index >= 15 is 0 Å². The van der Waals surface area contributed by atoms with Gasteiger partial charge in [-0.1, -0.05) is 170 Å². The maximum atomic E-state index is 14.6. The molecule has 0 spiro atoms. The van der Waals surface area contributed by atoms with Gasteiger partial charge < -0.3 is 9.84 Å². The maximum absolute atomic E-state index is 14.6. The smallest absolute Gasteiger partial charge is 0.171 e. The van der Waals surface area contributed by atoms with Crippen molar-refractivity contribution in [1.29, 1.82) is 0 Å². The Hall–Kier alpha value is -4.39. The average molecular weight is 707 g/mol. The molecule has 2 aliphatic heterocycles. The van der Waals surface area contributed by atoms with Crippen LogP contribution < -0.4 is 0 Å². The Morgan fingerprint density at radius 1 is 0.569 bits per heavy atom. The average Bonchev–Trinajstić information content (AvgIpc) is 3.44. The first-order valence-corrected chi connectivity index (χ1v) is 19.3. The molecule has 4 atom stereocenters. The summed E-state index contributed by atoms with van der Waals surface area (Å²) in [5.74, 6) is -1.24. The van der Waals surface area contributed by atoms with Crippen LogP contribution in [0.15, 0.2) is 168 Å². The van der Waals surface area contributed by atoms with Crippen molar-refractivity contribution in [1.82, 2.24) is 0 Å². The number of carbonyl (C=O) groups excluding carboxylic acids is 1. The summed E-state index contributed by atoms with van der Waals surface area (Å²) in [5.41, 5.74) is 8.52. The summed E-state index contributed by atoms with van der Waals surface area (Å²) in [5, 5.41) is 12.5. The van der Waals surface area contributed by atoms with E-state index in [0.29, 0.717) is 12.8 Å². The predicted octanol–water partition coefficient (Wildman–Crippen LogP) is 11.2. The molecule has 1 saturated carbocycles. The summed E-state index contributed by atoms with van der Waals surface area (Å²) in [6, 6.07) is 41.6. The number of rotatable bonds is 9. The minimum atomic E-state index is -0.944. The van der Waals surface area contributed by atoms with E-state index in [1.54, 1.807) is 30.6 Å². The highest BCUT2D eigenvalue weighted by atomic mass is 32.2. The van der Waals surface area contributed by atoms with Crippen LogP contribution in [0.3, 0.4) is 0 Å². The molecule has 0 saturated heterocycles. The van der Waals surface area contributed by atoms with Gasteiger partial charge in [-0.15, -0.1) is 0 Å². The highest BCUT2D eigenvalue weighted by molar-refractivity contribution is 8.17. The second-order valence-corrected chi connectivity index (χ2v) is 15.1. The van der Waals surface area contributed by atoms with Gasteiger partial charge in [-0.05, 0) is 70.5 Å². The number of Topliss-reactive ketones (excluding diaryl/α,β-unsaturated/α-hetero) is 1. The van der Waals surface area contributed by atoms with E-state index in [1.807, 2.05) is 24.3 Å². The van der Waals surface area contributed by atoms with E-state index in [2.05, 4.69) is 135 Å². The Labute approximate surface area is 310 Å². The highest BCUT2D eigenvalue weighted by Crippen LogP contribution is 2.50. The van der Waals surface area contributed by atoms with Crippen LogP contribution in [0.25, 0.3) is 19.6 Å². The molecule has 4 aromatic carbocycles. The van der Waals surface area contributed by atoms with Gasteiger partial charge in [-0.25, -0.2) is 0 Å². The molecule has 4 unspecified atom stereocenters. The molecule has 0 bridgehead atoms. The van der Waals surface area contributed by atoms with Gasteiger partial charge in [0.05, 0.1) is 12.0 Å². The number of methoxy groups -OCH3 is 1. The summed E-state index contributed by atoms with van der Waals surface area (Å²) in [7, 11) is 1.60. The normalized spacial score (nSPS) is 21.8. The number of benzene rings is 4. The van der Waals surface area contributed by atoms with Crippen LogP contribution in [0.4, 0.5) is 0 Å². The van der Waals surface area contributed by atoms with Gasteiger partial charge in [-0.3, -0.25) is 4.79 Å². The summed E-state index contributed by atoms with van der Waals surface area (Å²) >= 11 is 3.49. The zero-order chi connectivity index (χ0) is 35.3. The van der Waals surface area contributed by atoms with E-state index in [-0.39, 0.29) is 5.78 Å². The molecule has 7 rings (SSSR count). The summed E-state index contributed by atoms with van der Waals surface area (Å²) in [6.45, 7) is 4.21. The van der Waals surface area contributed by atoms with Crippen molar-refractivity contribution in [2.45, 2.75) is 38.9 Å². The SMILES string of the molecule is CCC(=C1C=C(c2ccccc2)SC(c2ccccc2)=C1)C1C(=O)C(OC)C(C(CC)=C2C=C(c3ccccc3)SC(c3ccccc3)=C2)C1O. The largest absolute Gasteiger partial charge is 0.391 e. The first kappa shape index (κ1) is 35.0. The van der Waals surface area contributed by atoms with E-state index in [9.17, 15) is 9.90 Å². The van der Waals surface area contributed by atoms with Crippen molar-refractivity contribution in [3.63, 3.8) is 0 Å². The summed E-state index contributed by atoms with van der Waals surface area (Å²) in [6.07, 6.45) is 8.43. The second-order valence-electron chi connectivity index (χ2n) is 12.9. The number of carbonyl (C=O) groups is 1. The van der Waals surface area contributed by atoms with Gasteiger partial charge in [0.25, 0.3) is 0 Å². The van der Waals surface area contributed by atoms with E-state index < -0.39 is 24.0 Å². The third-order valence-corrected chi connectivity index (χ3v) is 12.3. The fraction of sp³-hybridized carbons (Fsp3) is 0.196. The minimum Gasteiger partial charge on any atom is -0.391 e. The Kier molecular flexibility index (Phi) is 10.9. The molecule has 0 aromatic heterocycles. The van der Waals surface area contributed by atoms with E-state index in [1.165, 1.54) is 0 Å². The van der Waals surface area contributed by atoms with Gasteiger partial charge >= 0.3 is 0 Å². The summed E-state index contributed by atoms with van der Waals surface area (Å²) in [4.78, 5) is 19.1. The fourth-order valence-electron chi connectivity index (χ4n) is 7.53. The van der Waals surface area contributed by atoms with Crippen molar-refractivity contribution < 1.29 is 14.6 Å². The number of thioether (sulfide) groups is 2. The van der Waals surface area contributed by atoms with E-state index in [4.69, 9.17) is 4.74 Å². The van der Waals surface area contributed by atoms with Crippen molar-refractivity contribution in [3.8, 4) is 0 Å². The molecule has 2 heterocycles. The molecule has 1 aliphatic carbocycles. The van der Waals surface area contributed by atoms with Crippen molar-refractivity contribution in [2.75, 3.05) is 7.11 Å². The van der Waals surface area contributed by atoms with Gasteiger partial charge in [-0.2, -0.15) is 0 Å². The molecular formula is C46H42O3S2. The van der Waals surface area contributed by atoms with Crippen molar-refractivity contribution >= 4 is 48.9 Å². The monoisotopic (exact) mass is 706 g/mol. The lowest BCUT2D eigenvalue weighted by Gasteiger charge is -2.28. The van der Waals surface area contributed by atoms with Crippen molar-refractivity contribution in [3.05, 3.63) is 190 Å². The first-order valence-electron chi connectivity index (χ1n) is 17.7. The number of aliphatic hydroxyl groups excluding tert-OH is 1. The zero-order valence-electron chi connectivity index (χ0n) is 29.2. The standard InChI is InChI=1S/C46H42O3S2/c1-4-36(34-26-38(30-18-10-6-11-19-30)50-39(27-34)31-20-12-7-13-21-31)42-44(47)43(46(49-3)45(42)48)37(5-2)35-28-40(32-22-14-8-15-23-32)51-41(29-35)33-24-16-9-17-25-33/h6-29,42-44,46-47H,4-5H2,1-3H3. The quantitative estimate of drug-likeness (QED) is 0.188.